The molecule has 5 heteroatoms. The Bertz CT molecular complexity index is 700. The number of benzene rings is 2. The van der Waals surface area contributed by atoms with E-state index in [4.69, 9.17) is 11.6 Å². The smallest absolute Gasteiger partial charge is 0.148 e. The molecule has 1 aliphatic heterocycles. The Hall–Kier alpha value is -2.07. The first kappa shape index (κ1) is 13.9. The van der Waals surface area contributed by atoms with Crippen molar-refractivity contribution >= 4 is 28.7 Å². The average Bonchev–Trinajstić information content (AvgIpc) is 2.97. The van der Waals surface area contributed by atoms with Gasteiger partial charge in [-0.15, -0.1) is 0 Å². The van der Waals surface area contributed by atoms with Gasteiger partial charge in [0.05, 0.1) is 11.4 Å². The molecule has 2 aromatic rings. The van der Waals surface area contributed by atoms with Gasteiger partial charge in [-0.2, -0.15) is 5.10 Å². The minimum atomic E-state index is -0.262. The molecule has 0 fully saturated rings. The molecule has 1 N–H and O–H groups in total. The molecule has 0 bridgehead atoms. The van der Waals surface area contributed by atoms with Crippen molar-refractivity contribution in [3.05, 3.63) is 58.9 Å². The molecule has 3 nitrogen and oxygen atoms in total. The molecule has 21 heavy (non-hydrogen) atoms. The van der Waals surface area contributed by atoms with Crippen molar-refractivity contribution in [1.82, 2.24) is 0 Å². The van der Waals surface area contributed by atoms with Crippen LogP contribution in [0.3, 0.4) is 0 Å². The highest BCUT2D eigenvalue weighted by Crippen LogP contribution is 2.28. The fourth-order valence-electron chi connectivity index (χ4n) is 2.45. The third-order valence-electron chi connectivity index (χ3n) is 3.49. The molecule has 0 saturated carbocycles. The number of nitrogens with zero attached hydrogens (tertiary/aromatic N) is 2. The molecule has 1 aliphatic rings. The van der Waals surface area contributed by atoms with Crippen molar-refractivity contribution in [2.24, 2.45) is 5.10 Å². The first-order valence-corrected chi connectivity index (χ1v) is 7.14. The van der Waals surface area contributed by atoms with Crippen molar-refractivity contribution in [2.45, 2.75) is 6.42 Å². The van der Waals surface area contributed by atoms with Gasteiger partial charge in [-0.05, 0) is 30.3 Å². The second kappa shape index (κ2) is 5.74. The first-order chi connectivity index (χ1) is 10.2. The zero-order valence-electron chi connectivity index (χ0n) is 11.6. The summed E-state index contributed by atoms with van der Waals surface area (Å²) in [5.74, 6) is -0.262. The molecule has 0 unspecified atom stereocenters. The molecule has 0 saturated heterocycles. The lowest BCUT2D eigenvalue weighted by Crippen LogP contribution is -2.13. The monoisotopic (exact) mass is 303 g/mol. The van der Waals surface area contributed by atoms with Crippen LogP contribution in [0.4, 0.5) is 15.8 Å². The number of nitrogens with one attached hydrogen (secondary N) is 1. The number of rotatable bonds is 3. The zero-order chi connectivity index (χ0) is 14.8. The van der Waals surface area contributed by atoms with Crippen molar-refractivity contribution in [1.29, 1.82) is 0 Å². The largest absolute Gasteiger partial charge is 0.388 e. The normalized spacial score (nSPS) is 14.2. The molecule has 0 aromatic heterocycles. The summed E-state index contributed by atoms with van der Waals surface area (Å²) in [5.41, 5.74) is 3.34. The molecule has 0 radical (unpaired) electrons. The molecule has 0 aliphatic carbocycles. The van der Waals surface area contributed by atoms with E-state index in [2.05, 4.69) is 10.4 Å². The average molecular weight is 304 g/mol. The van der Waals surface area contributed by atoms with E-state index < -0.39 is 0 Å². The Balaban J connectivity index is 1.97. The van der Waals surface area contributed by atoms with Gasteiger partial charge in [0, 0.05) is 36.3 Å². The van der Waals surface area contributed by atoms with Crippen LogP contribution in [0.15, 0.2) is 47.6 Å². The van der Waals surface area contributed by atoms with E-state index in [1.165, 1.54) is 6.07 Å². The second-order valence-electron chi connectivity index (χ2n) is 4.81. The lowest BCUT2D eigenvalue weighted by atomic mass is 10.1. The Kier molecular flexibility index (Phi) is 3.80. The van der Waals surface area contributed by atoms with Crippen molar-refractivity contribution < 1.29 is 4.39 Å². The van der Waals surface area contributed by atoms with Crippen LogP contribution < -0.4 is 10.3 Å². The van der Waals surface area contributed by atoms with Crippen molar-refractivity contribution in [3.63, 3.8) is 0 Å². The lowest BCUT2D eigenvalue weighted by Gasteiger charge is -2.13. The van der Waals surface area contributed by atoms with E-state index in [9.17, 15) is 4.39 Å². The molecule has 0 spiro atoms. The van der Waals surface area contributed by atoms with Gasteiger partial charge in [-0.1, -0.05) is 23.7 Å². The predicted molar refractivity (Wildman–Crippen MR) is 85.9 cm³/mol. The lowest BCUT2D eigenvalue weighted by molar-refractivity contribution is 0.622. The highest BCUT2D eigenvalue weighted by atomic mass is 35.5. The third kappa shape index (κ3) is 2.72. The Labute approximate surface area is 128 Å². The van der Waals surface area contributed by atoms with E-state index in [-0.39, 0.29) is 5.82 Å². The molecular weight excluding hydrogens is 289 g/mol. The fraction of sp³-hybridized carbons (Fsp3) is 0.188. The summed E-state index contributed by atoms with van der Waals surface area (Å²) < 4.78 is 13.8. The van der Waals surface area contributed by atoms with Crippen LogP contribution in [0.2, 0.25) is 5.02 Å². The molecule has 2 aromatic carbocycles. The molecule has 108 valence electrons. The van der Waals surface area contributed by atoms with Crippen LogP contribution in [0.1, 0.15) is 12.0 Å². The minimum Gasteiger partial charge on any atom is -0.388 e. The van der Waals surface area contributed by atoms with E-state index in [1.807, 2.05) is 31.3 Å². The van der Waals surface area contributed by atoms with Gasteiger partial charge >= 0.3 is 0 Å². The summed E-state index contributed by atoms with van der Waals surface area (Å²) in [6, 6.07) is 12.3. The predicted octanol–water partition coefficient (Wildman–Crippen LogP) is 4.14. The summed E-state index contributed by atoms with van der Waals surface area (Å²) in [6.07, 6.45) is 0.753. The van der Waals surface area contributed by atoms with Gasteiger partial charge in [-0.3, -0.25) is 5.01 Å². The molecular formula is C16H15ClFN3. The maximum atomic E-state index is 13.8. The molecule has 0 amide bonds. The first-order valence-electron chi connectivity index (χ1n) is 6.76. The third-order valence-corrected chi connectivity index (χ3v) is 3.73. The second-order valence-corrected chi connectivity index (χ2v) is 5.25. The summed E-state index contributed by atoms with van der Waals surface area (Å²) in [7, 11) is 1.86. The van der Waals surface area contributed by atoms with Gasteiger partial charge in [-0.25, -0.2) is 4.39 Å². The molecule has 0 atom stereocenters. The van der Waals surface area contributed by atoms with E-state index in [1.54, 1.807) is 17.1 Å². The minimum absolute atomic E-state index is 0.262. The maximum Gasteiger partial charge on any atom is 0.148 e. The topological polar surface area (TPSA) is 27.6 Å². The SMILES string of the molecule is CNc1ccc(Cl)cc1C1=NN(c2ccccc2F)CC1. The van der Waals surface area contributed by atoms with Crippen LogP contribution in [-0.2, 0) is 0 Å². The fourth-order valence-corrected chi connectivity index (χ4v) is 2.63. The number of anilines is 2. The Morgan fingerprint density at radius 1 is 1.24 bits per heavy atom. The summed E-state index contributed by atoms with van der Waals surface area (Å²) in [5, 5.41) is 10.0. The van der Waals surface area contributed by atoms with Crippen molar-refractivity contribution in [2.75, 3.05) is 23.9 Å². The van der Waals surface area contributed by atoms with Gasteiger partial charge in [0.25, 0.3) is 0 Å². The van der Waals surface area contributed by atoms with Crippen LogP contribution in [0.5, 0.6) is 0 Å². The van der Waals surface area contributed by atoms with Gasteiger partial charge in [0.1, 0.15) is 5.82 Å². The van der Waals surface area contributed by atoms with Crippen LogP contribution in [0, 0.1) is 5.82 Å². The number of hydrazone groups is 1. The number of para-hydroxylation sites is 1. The number of hydrogen-bond acceptors (Lipinski definition) is 3. The molecule has 1 heterocycles. The van der Waals surface area contributed by atoms with Gasteiger partial charge < -0.3 is 5.32 Å². The summed E-state index contributed by atoms with van der Waals surface area (Å²) in [4.78, 5) is 0. The quantitative estimate of drug-likeness (QED) is 0.923. The van der Waals surface area contributed by atoms with E-state index >= 15 is 0 Å². The van der Waals surface area contributed by atoms with E-state index in [0.717, 1.165) is 23.4 Å². The number of halogens is 2. The Morgan fingerprint density at radius 2 is 2.05 bits per heavy atom. The van der Waals surface area contributed by atoms with Crippen LogP contribution in [-0.4, -0.2) is 19.3 Å². The maximum absolute atomic E-state index is 13.8. The highest BCUT2D eigenvalue weighted by molar-refractivity contribution is 6.31. The van der Waals surface area contributed by atoms with Gasteiger partial charge in [0.15, 0.2) is 0 Å². The standard InChI is InChI=1S/C16H15ClFN3/c1-19-14-7-6-11(17)10-12(14)15-8-9-21(20-15)16-5-3-2-4-13(16)18/h2-7,10,19H,8-9H2,1H3. The molecule has 3 rings (SSSR count). The van der Waals surface area contributed by atoms with E-state index in [0.29, 0.717) is 17.3 Å². The summed E-state index contributed by atoms with van der Waals surface area (Å²) >= 11 is 6.07. The van der Waals surface area contributed by atoms with Gasteiger partial charge in [0.2, 0.25) is 0 Å². The van der Waals surface area contributed by atoms with Crippen LogP contribution >= 0.6 is 11.6 Å². The summed E-state index contributed by atoms with van der Waals surface area (Å²) in [6.45, 7) is 0.659. The Morgan fingerprint density at radius 3 is 2.81 bits per heavy atom. The zero-order valence-corrected chi connectivity index (χ0v) is 12.4. The number of hydrogen-bond donors (Lipinski definition) is 1. The van der Waals surface area contributed by atoms with Crippen molar-refractivity contribution in [3.8, 4) is 0 Å². The highest BCUT2D eigenvalue weighted by Gasteiger charge is 2.21. The van der Waals surface area contributed by atoms with Crippen LogP contribution in [0.25, 0.3) is 0 Å².